The molecule has 0 fully saturated rings. The van der Waals surface area contributed by atoms with E-state index in [0.29, 0.717) is 5.92 Å². The number of allylic oxidation sites excluding steroid dienone is 2. The zero-order valence-electron chi connectivity index (χ0n) is 9.32. The molecule has 0 aliphatic rings. The lowest BCUT2D eigenvalue weighted by Crippen LogP contribution is -2.01. The van der Waals surface area contributed by atoms with Gasteiger partial charge in [-0.15, -0.1) is 6.58 Å². The van der Waals surface area contributed by atoms with Crippen LogP contribution in [-0.4, -0.2) is 24.8 Å². The Morgan fingerprint density at radius 2 is 2.27 bits per heavy atom. The maximum Gasteiger partial charge on any atom is 0.330 e. The number of hydrogen-bond donors (Lipinski definition) is 1. The Bertz CT molecular complexity index is 209. The van der Waals surface area contributed by atoms with Gasteiger partial charge in [-0.25, -0.2) is 4.79 Å². The number of aliphatic hydroxyl groups excluding tert-OH is 1. The molecule has 1 N–H and O–H groups in total. The number of ether oxygens (including phenoxy) is 1. The van der Waals surface area contributed by atoms with Crippen molar-refractivity contribution >= 4 is 5.97 Å². The molecule has 0 rings (SSSR count). The number of rotatable bonds is 8. The van der Waals surface area contributed by atoms with Gasteiger partial charge in [0, 0.05) is 12.7 Å². The lowest BCUT2D eigenvalue weighted by Gasteiger charge is -2.09. The highest BCUT2D eigenvalue weighted by Gasteiger charge is 2.04. The van der Waals surface area contributed by atoms with Gasteiger partial charge in [-0.1, -0.05) is 12.2 Å². The van der Waals surface area contributed by atoms with Crippen molar-refractivity contribution in [2.45, 2.75) is 25.7 Å². The van der Waals surface area contributed by atoms with Crippen molar-refractivity contribution in [2.24, 2.45) is 5.92 Å². The second-order valence-corrected chi connectivity index (χ2v) is 3.37. The van der Waals surface area contributed by atoms with Crippen LogP contribution in [0.4, 0.5) is 0 Å². The highest BCUT2D eigenvalue weighted by molar-refractivity contribution is 5.81. The maximum absolute atomic E-state index is 10.9. The highest BCUT2D eigenvalue weighted by atomic mass is 16.5. The van der Waals surface area contributed by atoms with Crippen LogP contribution >= 0.6 is 0 Å². The van der Waals surface area contributed by atoms with Crippen LogP contribution in [0.3, 0.4) is 0 Å². The molecular weight excluding hydrogens is 192 g/mol. The lowest BCUT2D eigenvalue weighted by molar-refractivity contribution is -0.134. The highest BCUT2D eigenvalue weighted by Crippen LogP contribution is 2.15. The summed E-state index contributed by atoms with van der Waals surface area (Å²) in [7, 11) is 1.36. The zero-order valence-corrected chi connectivity index (χ0v) is 9.32. The topological polar surface area (TPSA) is 46.5 Å². The van der Waals surface area contributed by atoms with E-state index in [0.717, 1.165) is 25.7 Å². The van der Waals surface area contributed by atoms with Gasteiger partial charge in [0.1, 0.15) is 0 Å². The van der Waals surface area contributed by atoms with Gasteiger partial charge in [-0.05, 0) is 31.6 Å². The van der Waals surface area contributed by atoms with Crippen LogP contribution in [0.25, 0.3) is 0 Å². The van der Waals surface area contributed by atoms with Crippen LogP contribution in [0.5, 0.6) is 0 Å². The number of methoxy groups -OCH3 is 1. The van der Waals surface area contributed by atoms with Gasteiger partial charge in [0.15, 0.2) is 0 Å². The predicted molar refractivity (Wildman–Crippen MR) is 60.4 cm³/mol. The molecule has 3 nitrogen and oxygen atoms in total. The Labute approximate surface area is 91.4 Å². The van der Waals surface area contributed by atoms with E-state index in [1.54, 1.807) is 0 Å². The minimum Gasteiger partial charge on any atom is -0.466 e. The quantitative estimate of drug-likeness (QED) is 0.380. The van der Waals surface area contributed by atoms with Gasteiger partial charge in [-0.2, -0.15) is 0 Å². The fourth-order valence-corrected chi connectivity index (χ4v) is 1.30. The fraction of sp³-hybridized carbons (Fsp3) is 0.583. The summed E-state index contributed by atoms with van der Waals surface area (Å²) >= 11 is 0. The van der Waals surface area contributed by atoms with E-state index in [1.807, 2.05) is 12.2 Å². The molecule has 3 heteroatoms. The summed E-state index contributed by atoms with van der Waals surface area (Å²) in [6.45, 7) is 3.85. The van der Waals surface area contributed by atoms with E-state index in [4.69, 9.17) is 5.11 Å². The van der Waals surface area contributed by atoms with E-state index in [1.165, 1.54) is 13.2 Å². The Morgan fingerprint density at radius 1 is 1.53 bits per heavy atom. The number of esters is 1. The van der Waals surface area contributed by atoms with Crippen LogP contribution in [-0.2, 0) is 9.53 Å². The van der Waals surface area contributed by atoms with Crippen molar-refractivity contribution in [1.29, 1.82) is 0 Å². The normalized spacial score (nSPS) is 12.7. The third kappa shape index (κ3) is 7.94. The Balaban J connectivity index is 4.03. The van der Waals surface area contributed by atoms with Crippen molar-refractivity contribution in [3.63, 3.8) is 0 Å². The molecule has 0 aliphatic heterocycles. The van der Waals surface area contributed by atoms with Crippen LogP contribution < -0.4 is 0 Å². The van der Waals surface area contributed by atoms with Gasteiger partial charge < -0.3 is 9.84 Å². The first-order valence-electron chi connectivity index (χ1n) is 5.22. The predicted octanol–water partition coefficient (Wildman–Crippen LogP) is 2.07. The molecule has 0 aromatic rings. The van der Waals surface area contributed by atoms with Crippen molar-refractivity contribution in [3.05, 3.63) is 24.8 Å². The molecule has 1 unspecified atom stereocenters. The van der Waals surface area contributed by atoms with E-state index < -0.39 is 0 Å². The average molecular weight is 212 g/mol. The van der Waals surface area contributed by atoms with E-state index >= 15 is 0 Å². The number of carbonyl (C=O) groups is 1. The Morgan fingerprint density at radius 3 is 2.80 bits per heavy atom. The van der Waals surface area contributed by atoms with E-state index in [9.17, 15) is 4.79 Å². The van der Waals surface area contributed by atoms with E-state index in [-0.39, 0.29) is 12.6 Å². The molecule has 0 aromatic heterocycles. The van der Waals surface area contributed by atoms with Gasteiger partial charge in [0.05, 0.1) is 7.11 Å². The molecule has 15 heavy (non-hydrogen) atoms. The van der Waals surface area contributed by atoms with E-state index in [2.05, 4.69) is 11.3 Å². The fourth-order valence-electron chi connectivity index (χ4n) is 1.30. The second-order valence-electron chi connectivity index (χ2n) is 3.37. The summed E-state index contributed by atoms with van der Waals surface area (Å²) < 4.78 is 4.51. The summed E-state index contributed by atoms with van der Waals surface area (Å²) in [5.41, 5.74) is 0. The molecule has 0 heterocycles. The first-order valence-corrected chi connectivity index (χ1v) is 5.22. The summed E-state index contributed by atoms with van der Waals surface area (Å²) in [4.78, 5) is 10.9. The first kappa shape index (κ1) is 13.9. The molecule has 1 atom stereocenters. The molecule has 0 amide bonds. The molecule has 0 radical (unpaired) electrons. The van der Waals surface area contributed by atoms with Gasteiger partial charge in [0.25, 0.3) is 0 Å². The first-order chi connectivity index (χ1) is 7.24. The summed E-state index contributed by atoms with van der Waals surface area (Å²) in [5.74, 6) is -0.0168. The Hall–Kier alpha value is -1.09. The molecule has 0 aliphatic carbocycles. The maximum atomic E-state index is 10.9. The molecule has 0 saturated heterocycles. The van der Waals surface area contributed by atoms with Gasteiger partial charge in [-0.3, -0.25) is 0 Å². The second kappa shape index (κ2) is 9.46. The summed E-state index contributed by atoms with van der Waals surface area (Å²) in [6, 6.07) is 0. The van der Waals surface area contributed by atoms with Gasteiger partial charge in [0.2, 0.25) is 0 Å². The van der Waals surface area contributed by atoms with Crippen molar-refractivity contribution in [2.75, 3.05) is 13.7 Å². The number of aliphatic hydroxyl groups is 1. The van der Waals surface area contributed by atoms with Crippen LogP contribution in [0, 0.1) is 5.92 Å². The minimum atomic E-state index is -0.331. The molecule has 0 aromatic carbocycles. The zero-order chi connectivity index (χ0) is 11.5. The number of hydrogen-bond acceptors (Lipinski definition) is 3. The van der Waals surface area contributed by atoms with Gasteiger partial charge >= 0.3 is 5.97 Å². The number of carbonyl (C=O) groups excluding carboxylic acids is 1. The average Bonchev–Trinajstić information content (AvgIpc) is 2.27. The molecule has 0 saturated carbocycles. The molecule has 86 valence electrons. The molecule has 0 bridgehead atoms. The van der Waals surface area contributed by atoms with Crippen molar-refractivity contribution in [1.82, 2.24) is 0 Å². The largest absolute Gasteiger partial charge is 0.466 e. The lowest BCUT2D eigenvalue weighted by atomic mass is 9.97. The standard InChI is InChI=1S/C12H20O3/c1-3-4-6-11(7-5-10-13)8-9-12(14)15-2/h3,8-9,11,13H,1,4-7,10H2,2H3/b9-8+. The minimum absolute atomic E-state index is 0.191. The summed E-state index contributed by atoms with van der Waals surface area (Å²) in [5, 5.41) is 8.73. The third-order valence-corrected chi connectivity index (χ3v) is 2.18. The van der Waals surface area contributed by atoms with Crippen molar-refractivity contribution < 1.29 is 14.6 Å². The Kier molecular flexibility index (Phi) is 8.78. The monoisotopic (exact) mass is 212 g/mol. The SMILES string of the molecule is C=CCCC(/C=C/C(=O)OC)CCCO. The van der Waals surface area contributed by atoms with Crippen LogP contribution in [0.2, 0.25) is 0 Å². The molecular formula is C12H20O3. The smallest absolute Gasteiger partial charge is 0.330 e. The molecule has 0 spiro atoms. The van der Waals surface area contributed by atoms with Crippen molar-refractivity contribution in [3.8, 4) is 0 Å². The third-order valence-electron chi connectivity index (χ3n) is 2.18. The van der Waals surface area contributed by atoms with Crippen LogP contribution in [0.15, 0.2) is 24.8 Å². The van der Waals surface area contributed by atoms with Crippen LogP contribution in [0.1, 0.15) is 25.7 Å². The summed E-state index contributed by atoms with van der Waals surface area (Å²) in [6.07, 6.45) is 8.68.